The van der Waals surface area contributed by atoms with Gasteiger partial charge in [-0.25, -0.2) is 4.79 Å². The summed E-state index contributed by atoms with van der Waals surface area (Å²) in [5.41, 5.74) is 7.49. The fourth-order valence-corrected chi connectivity index (χ4v) is 3.35. The standard InChI is InChI=1S/C16H23ClN2O2/c1-3-21-16(20)13-9-11(18)10-14(17)15(13)19(2)12-7-5-4-6-8-12/h9-10,12H,3-8,18H2,1-2H3. The number of hydrogen-bond donors (Lipinski definition) is 1. The lowest BCUT2D eigenvalue weighted by molar-refractivity contribution is 0.0527. The van der Waals surface area contributed by atoms with Crippen molar-refractivity contribution in [3.05, 3.63) is 22.7 Å². The van der Waals surface area contributed by atoms with Crippen LogP contribution < -0.4 is 10.6 Å². The quantitative estimate of drug-likeness (QED) is 0.677. The molecule has 0 amide bonds. The molecule has 0 aromatic heterocycles. The average molecular weight is 311 g/mol. The molecule has 1 aromatic rings. The van der Waals surface area contributed by atoms with Crippen molar-refractivity contribution in [2.75, 3.05) is 24.3 Å². The highest BCUT2D eigenvalue weighted by Gasteiger charge is 2.25. The van der Waals surface area contributed by atoms with Gasteiger partial charge >= 0.3 is 5.97 Å². The Morgan fingerprint density at radius 3 is 2.67 bits per heavy atom. The summed E-state index contributed by atoms with van der Waals surface area (Å²) in [6.45, 7) is 2.12. The van der Waals surface area contributed by atoms with E-state index in [-0.39, 0.29) is 5.97 Å². The van der Waals surface area contributed by atoms with E-state index >= 15 is 0 Å². The summed E-state index contributed by atoms with van der Waals surface area (Å²) in [6.07, 6.45) is 5.97. The van der Waals surface area contributed by atoms with Crippen LogP contribution in [0.1, 0.15) is 49.4 Å². The average Bonchev–Trinajstić information content (AvgIpc) is 2.47. The Hall–Kier alpha value is -1.42. The maximum absolute atomic E-state index is 12.2. The Kier molecular flexibility index (Phi) is 5.34. The highest BCUT2D eigenvalue weighted by Crippen LogP contribution is 2.36. The van der Waals surface area contributed by atoms with Crippen molar-refractivity contribution < 1.29 is 9.53 Å². The number of benzene rings is 1. The fraction of sp³-hybridized carbons (Fsp3) is 0.562. The van der Waals surface area contributed by atoms with Crippen molar-refractivity contribution in [3.63, 3.8) is 0 Å². The molecule has 1 saturated carbocycles. The molecule has 0 spiro atoms. The molecule has 21 heavy (non-hydrogen) atoms. The zero-order valence-corrected chi connectivity index (χ0v) is 13.4. The van der Waals surface area contributed by atoms with Gasteiger partial charge in [0.15, 0.2) is 0 Å². The Labute approximate surface area is 131 Å². The third kappa shape index (κ3) is 3.62. The van der Waals surface area contributed by atoms with Gasteiger partial charge in [-0.3, -0.25) is 0 Å². The molecule has 0 aliphatic heterocycles. The van der Waals surface area contributed by atoms with Crippen molar-refractivity contribution in [1.29, 1.82) is 0 Å². The molecule has 1 aromatic carbocycles. The Morgan fingerprint density at radius 2 is 2.05 bits per heavy atom. The number of hydrogen-bond acceptors (Lipinski definition) is 4. The van der Waals surface area contributed by atoms with Crippen molar-refractivity contribution >= 4 is 28.9 Å². The van der Waals surface area contributed by atoms with E-state index in [9.17, 15) is 4.79 Å². The number of ether oxygens (including phenoxy) is 1. The summed E-state index contributed by atoms with van der Waals surface area (Å²) >= 11 is 6.36. The first-order chi connectivity index (χ1) is 10.0. The van der Waals surface area contributed by atoms with Gasteiger partial charge in [0.2, 0.25) is 0 Å². The molecule has 0 radical (unpaired) electrons. The summed E-state index contributed by atoms with van der Waals surface area (Å²) in [7, 11) is 2.00. The Morgan fingerprint density at radius 1 is 1.38 bits per heavy atom. The zero-order chi connectivity index (χ0) is 15.4. The highest BCUT2D eigenvalue weighted by atomic mass is 35.5. The van der Waals surface area contributed by atoms with Crippen LogP contribution >= 0.6 is 11.6 Å². The second-order valence-electron chi connectivity index (χ2n) is 5.52. The van der Waals surface area contributed by atoms with E-state index in [1.807, 2.05) is 7.05 Å². The van der Waals surface area contributed by atoms with Gasteiger partial charge < -0.3 is 15.4 Å². The molecule has 0 bridgehead atoms. The van der Waals surface area contributed by atoms with E-state index < -0.39 is 0 Å². The van der Waals surface area contributed by atoms with Crippen LogP contribution in [0.4, 0.5) is 11.4 Å². The summed E-state index contributed by atoms with van der Waals surface area (Å²) in [5, 5.41) is 0.506. The SMILES string of the molecule is CCOC(=O)c1cc(N)cc(Cl)c1N(C)C1CCCCC1. The number of nitrogen functional groups attached to an aromatic ring is 1. The normalized spacial score (nSPS) is 15.8. The van der Waals surface area contributed by atoms with Gasteiger partial charge in [0.05, 0.1) is 22.9 Å². The van der Waals surface area contributed by atoms with Crippen LogP contribution in [-0.2, 0) is 4.74 Å². The van der Waals surface area contributed by atoms with Gasteiger partial charge in [0, 0.05) is 18.8 Å². The Balaban J connectivity index is 2.38. The van der Waals surface area contributed by atoms with Crippen LogP contribution in [0.3, 0.4) is 0 Å². The number of nitrogens with zero attached hydrogens (tertiary/aromatic N) is 1. The molecule has 1 aliphatic rings. The molecule has 2 N–H and O–H groups in total. The summed E-state index contributed by atoms with van der Waals surface area (Å²) in [4.78, 5) is 14.3. The van der Waals surface area contributed by atoms with Crippen molar-refractivity contribution in [2.45, 2.75) is 45.1 Å². The van der Waals surface area contributed by atoms with E-state index in [2.05, 4.69) is 4.90 Å². The van der Waals surface area contributed by atoms with Crippen LogP contribution in [0.2, 0.25) is 5.02 Å². The summed E-state index contributed by atoms with van der Waals surface area (Å²) < 4.78 is 5.14. The van der Waals surface area contributed by atoms with E-state index in [0.717, 1.165) is 18.5 Å². The third-order valence-corrected chi connectivity index (χ3v) is 4.34. The van der Waals surface area contributed by atoms with Gasteiger partial charge in [0.1, 0.15) is 0 Å². The first-order valence-corrected chi connectivity index (χ1v) is 7.91. The summed E-state index contributed by atoms with van der Waals surface area (Å²) in [5.74, 6) is -0.371. The van der Waals surface area contributed by atoms with Gasteiger partial charge in [0.25, 0.3) is 0 Å². The van der Waals surface area contributed by atoms with Crippen molar-refractivity contribution in [3.8, 4) is 0 Å². The van der Waals surface area contributed by atoms with Crippen LogP contribution in [0.25, 0.3) is 0 Å². The number of nitrogens with two attached hydrogens (primary N) is 1. The molecule has 5 heteroatoms. The lowest BCUT2D eigenvalue weighted by Crippen LogP contribution is -2.34. The first-order valence-electron chi connectivity index (χ1n) is 7.53. The molecule has 4 nitrogen and oxygen atoms in total. The lowest BCUT2D eigenvalue weighted by Gasteiger charge is -2.34. The van der Waals surface area contributed by atoms with Gasteiger partial charge in [-0.2, -0.15) is 0 Å². The van der Waals surface area contributed by atoms with Gasteiger partial charge in [-0.15, -0.1) is 0 Å². The van der Waals surface area contributed by atoms with Crippen LogP contribution in [0.5, 0.6) is 0 Å². The van der Waals surface area contributed by atoms with Crippen LogP contribution in [0.15, 0.2) is 12.1 Å². The minimum atomic E-state index is -0.371. The highest BCUT2D eigenvalue weighted by molar-refractivity contribution is 6.34. The first kappa shape index (κ1) is 16.0. The predicted octanol–water partition coefficient (Wildman–Crippen LogP) is 3.87. The van der Waals surface area contributed by atoms with Crippen LogP contribution in [0, 0.1) is 0 Å². The van der Waals surface area contributed by atoms with Crippen molar-refractivity contribution in [1.82, 2.24) is 0 Å². The second kappa shape index (κ2) is 7.03. The van der Waals surface area contributed by atoms with E-state index in [4.69, 9.17) is 22.1 Å². The minimum Gasteiger partial charge on any atom is -0.462 e. The molecule has 0 unspecified atom stereocenters. The number of rotatable bonds is 4. The van der Waals surface area contributed by atoms with E-state index in [1.165, 1.54) is 19.3 Å². The van der Waals surface area contributed by atoms with Crippen LogP contribution in [-0.4, -0.2) is 25.7 Å². The number of halogens is 1. The molecule has 0 atom stereocenters. The molecule has 0 heterocycles. The van der Waals surface area contributed by atoms with Crippen molar-refractivity contribution in [2.24, 2.45) is 0 Å². The van der Waals surface area contributed by atoms with E-state index in [1.54, 1.807) is 19.1 Å². The molecule has 1 fully saturated rings. The number of carbonyl (C=O) groups is 1. The fourth-order valence-electron chi connectivity index (χ4n) is 2.99. The van der Waals surface area contributed by atoms with E-state index in [0.29, 0.717) is 28.9 Å². The largest absolute Gasteiger partial charge is 0.462 e. The third-order valence-electron chi connectivity index (χ3n) is 4.06. The molecule has 1 aliphatic carbocycles. The maximum atomic E-state index is 12.2. The predicted molar refractivity (Wildman–Crippen MR) is 87.1 cm³/mol. The number of anilines is 2. The minimum absolute atomic E-state index is 0.331. The molecular formula is C16H23ClN2O2. The van der Waals surface area contributed by atoms with Gasteiger partial charge in [-0.05, 0) is 31.9 Å². The monoisotopic (exact) mass is 310 g/mol. The number of carbonyl (C=O) groups excluding carboxylic acids is 1. The zero-order valence-electron chi connectivity index (χ0n) is 12.7. The Bertz CT molecular complexity index is 513. The lowest BCUT2D eigenvalue weighted by atomic mass is 9.93. The molecular weight excluding hydrogens is 288 g/mol. The smallest absolute Gasteiger partial charge is 0.340 e. The molecule has 116 valence electrons. The molecule has 2 rings (SSSR count). The molecule has 0 saturated heterocycles. The van der Waals surface area contributed by atoms with Gasteiger partial charge in [-0.1, -0.05) is 30.9 Å². The number of esters is 1. The second-order valence-corrected chi connectivity index (χ2v) is 5.93. The summed E-state index contributed by atoms with van der Waals surface area (Å²) in [6, 6.07) is 3.75. The maximum Gasteiger partial charge on any atom is 0.340 e. The topological polar surface area (TPSA) is 55.6 Å².